The topological polar surface area (TPSA) is 93.5 Å². The number of nitrogens with zero attached hydrogens (tertiary/aromatic N) is 3. The van der Waals surface area contributed by atoms with Crippen LogP contribution in [0, 0.1) is 11.3 Å². The Labute approximate surface area is 209 Å². The second-order valence-electron chi connectivity index (χ2n) is 8.78. The van der Waals surface area contributed by atoms with E-state index in [1.54, 1.807) is 6.07 Å². The number of alkyl halides is 3. The van der Waals surface area contributed by atoms with Gasteiger partial charge in [0.1, 0.15) is 6.04 Å². The summed E-state index contributed by atoms with van der Waals surface area (Å²) < 4.78 is 39.5. The lowest BCUT2D eigenvalue weighted by Gasteiger charge is -2.39. The van der Waals surface area contributed by atoms with Gasteiger partial charge in [0.2, 0.25) is 5.91 Å². The van der Waals surface area contributed by atoms with Crippen molar-refractivity contribution in [2.24, 2.45) is 0 Å². The van der Waals surface area contributed by atoms with E-state index in [-0.39, 0.29) is 42.4 Å². The lowest BCUT2D eigenvalue weighted by Crippen LogP contribution is -2.59. The van der Waals surface area contributed by atoms with E-state index < -0.39 is 29.6 Å². The lowest BCUT2D eigenvalue weighted by atomic mass is 9.99. The minimum atomic E-state index is -4.51. The number of rotatable bonds is 2. The van der Waals surface area contributed by atoms with Crippen LogP contribution >= 0.6 is 0 Å². The fourth-order valence-electron chi connectivity index (χ4n) is 4.56. The molecular formula is C27H19F3N4O3. The van der Waals surface area contributed by atoms with Crippen molar-refractivity contribution in [3.63, 3.8) is 0 Å². The van der Waals surface area contributed by atoms with Gasteiger partial charge < -0.3 is 15.1 Å². The van der Waals surface area contributed by atoms with Crippen LogP contribution < -0.4 is 5.32 Å². The first-order chi connectivity index (χ1) is 17.7. The fraction of sp³-hybridized carbons (Fsp3) is 0.185. The van der Waals surface area contributed by atoms with E-state index in [9.17, 15) is 27.6 Å². The van der Waals surface area contributed by atoms with Gasteiger partial charge in [-0.3, -0.25) is 14.4 Å². The lowest BCUT2D eigenvalue weighted by molar-refractivity contribution is -0.137. The normalized spacial score (nSPS) is 17.3. The highest BCUT2D eigenvalue weighted by atomic mass is 19.4. The minimum absolute atomic E-state index is 0.0229. The van der Waals surface area contributed by atoms with Crippen molar-refractivity contribution < 1.29 is 27.6 Å². The van der Waals surface area contributed by atoms with Gasteiger partial charge in [0.25, 0.3) is 11.8 Å². The van der Waals surface area contributed by atoms with Gasteiger partial charge >= 0.3 is 6.18 Å². The van der Waals surface area contributed by atoms with Crippen LogP contribution in [0.5, 0.6) is 0 Å². The first kappa shape index (κ1) is 24.1. The van der Waals surface area contributed by atoms with Crippen LogP contribution in [0.15, 0.2) is 66.7 Å². The number of anilines is 1. The number of nitriles is 1. The SMILES string of the molecule is N#Cc1ccc(C(=O)N2CCN3C(=O)c4cc(-c5cccc(C(F)(F)F)c5)ccc4NC(=O)C3C2)cc1. The highest BCUT2D eigenvalue weighted by Gasteiger charge is 2.40. The monoisotopic (exact) mass is 504 g/mol. The minimum Gasteiger partial charge on any atom is -0.334 e. The molecular weight excluding hydrogens is 485 g/mol. The third kappa shape index (κ3) is 4.51. The summed E-state index contributed by atoms with van der Waals surface area (Å²) in [6.45, 7) is 0.272. The number of piperazine rings is 1. The maximum atomic E-state index is 13.5. The van der Waals surface area contributed by atoms with Crippen molar-refractivity contribution in [1.29, 1.82) is 5.26 Å². The first-order valence-corrected chi connectivity index (χ1v) is 11.4. The molecule has 2 aliphatic heterocycles. The van der Waals surface area contributed by atoms with E-state index in [0.29, 0.717) is 16.7 Å². The first-order valence-electron chi connectivity index (χ1n) is 11.4. The van der Waals surface area contributed by atoms with Crippen molar-refractivity contribution >= 4 is 23.4 Å². The van der Waals surface area contributed by atoms with E-state index in [0.717, 1.165) is 12.1 Å². The number of amides is 3. The quantitative estimate of drug-likeness (QED) is 0.567. The number of carbonyl (C=O) groups is 3. The molecule has 1 saturated heterocycles. The van der Waals surface area contributed by atoms with Gasteiger partial charge in [0.05, 0.1) is 35.0 Å². The van der Waals surface area contributed by atoms with Crippen LogP contribution in [-0.4, -0.2) is 53.2 Å². The van der Waals surface area contributed by atoms with Gasteiger partial charge in [0, 0.05) is 18.7 Å². The molecule has 1 fully saturated rings. The van der Waals surface area contributed by atoms with Gasteiger partial charge in [-0.25, -0.2) is 0 Å². The Morgan fingerprint density at radius 3 is 2.41 bits per heavy atom. The van der Waals surface area contributed by atoms with Crippen LogP contribution in [0.3, 0.4) is 0 Å². The predicted molar refractivity (Wildman–Crippen MR) is 127 cm³/mol. The average Bonchev–Trinajstić information content (AvgIpc) is 3.01. The Balaban J connectivity index is 1.41. The molecule has 1 N–H and O–H groups in total. The summed E-state index contributed by atoms with van der Waals surface area (Å²) in [4.78, 5) is 42.4. The number of benzene rings is 3. The second kappa shape index (κ2) is 9.09. The maximum Gasteiger partial charge on any atom is 0.416 e. The molecule has 10 heteroatoms. The van der Waals surface area contributed by atoms with Crippen LogP contribution in [0.2, 0.25) is 0 Å². The number of carbonyl (C=O) groups excluding carboxylic acids is 3. The Morgan fingerprint density at radius 2 is 1.70 bits per heavy atom. The van der Waals surface area contributed by atoms with Crippen LogP contribution in [0.1, 0.15) is 31.8 Å². The molecule has 0 bridgehead atoms. The molecule has 0 saturated carbocycles. The van der Waals surface area contributed by atoms with E-state index in [4.69, 9.17) is 5.26 Å². The van der Waals surface area contributed by atoms with Gasteiger partial charge in [-0.15, -0.1) is 0 Å². The summed E-state index contributed by atoms with van der Waals surface area (Å²) >= 11 is 0. The molecule has 0 aromatic heterocycles. The van der Waals surface area contributed by atoms with Crippen LogP contribution in [-0.2, 0) is 11.0 Å². The predicted octanol–water partition coefficient (Wildman–Crippen LogP) is 4.16. The highest BCUT2D eigenvalue weighted by molar-refractivity contribution is 6.11. The molecule has 2 aliphatic rings. The van der Waals surface area contributed by atoms with Gasteiger partial charge in [-0.1, -0.05) is 18.2 Å². The third-order valence-corrected chi connectivity index (χ3v) is 6.52. The molecule has 2 heterocycles. The number of fused-ring (bicyclic) bond motifs is 2. The van der Waals surface area contributed by atoms with Crippen molar-refractivity contribution in [3.05, 3.63) is 89.0 Å². The molecule has 5 rings (SSSR count). The molecule has 3 aromatic carbocycles. The van der Waals surface area contributed by atoms with Gasteiger partial charge in [0.15, 0.2) is 0 Å². The van der Waals surface area contributed by atoms with Crippen LogP contribution in [0.4, 0.5) is 18.9 Å². The zero-order chi connectivity index (χ0) is 26.3. The Morgan fingerprint density at radius 1 is 0.973 bits per heavy atom. The van der Waals surface area contributed by atoms with Crippen molar-refractivity contribution in [2.45, 2.75) is 12.2 Å². The summed E-state index contributed by atoms with van der Waals surface area (Å²) in [7, 11) is 0. The van der Waals surface area contributed by atoms with Crippen molar-refractivity contribution in [3.8, 4) is 17.2 Å². The number of hydrogen-bond donors (Lipinski definition) is 1. The molecule has 1 atom stereocenters. The summed E-state index contributed by atoms with van der Waals surface area (Å²) in [5.74, 6) is -1.23. The molecule has 0 aliphatic carbocycles. The Hall–Kier alpha value is -4.65. The summed E-state index contributed by atoms with van der Waals surface area (Å²) in [5.41, 5.74) is 1.08. The molecule has 3 amide bonds. The molecule has 3 aromatic rings. The molecule has 37 heavy (non-hydrogen) atoms. The number of halogens is 3. The zero-order valence-corrected chi connectivity index (χ0v) is 19.2. The van der Waals surface area contributed by atoms with E-state index in [1.807, 2.05) is 6.07 Å². The molecule has 0 spiro atoms. The number of hydrogen-bond acceptors (Lipinski definition) is 4. The molecule has 0 radical (unpaired) electrons. The average molecular weight is 504 g/mol. The van der Waals surface area contributed by atoms with Crippen LogP contribution in [0.25, 0.3) is 11.1 Å². The maximum absolute atomic E-state index is 13.5. The Kier molecular flexibility index (Phi) is 5.91. The standard InChI is InChI=1S/C27H19F3N4O3/c28-27(29,30)20-3-1-2-18(12-20)19-8-9-22-21(13-19)26(37)34-11-10-33(15-23(34)24(35)32-22)25(36)17-6-4-16(14-31)5-7-17/h1-9,12-13,23H,10-11,15H2,(H,32,35). The fourth-order valence-corrected chi connectivity index (χ4v) is 4.56. The largest absolute Gasteiger partial charge is 0.416 e. The second-order valence-corrected chi connectivity index (χ2v) is 8.78. The summed E-state index contributed by atoms with van der Waals surface area (Å²) in [6.07, 6.45) is -4.51. The molecule has 1 unspecified atom stereocenters. The molecule has 186 valence electrons. The Bertz CT molecular complexity index is 1460. The summed E-state index contributed by atoms with van der Waals surface area (Å²) in [5, 5.41) is 11.7. The number of nitrogens with one attached hydrogen (secondary N) is 1. The van der Waals surface area contributed by atoms with Crippen molar-refractivity contribution in [2.75, 3.05) is 25.0 Å². The van der Waals surface area contributed by atoms with E-state index in [2.05, 4.69) is 5.32 Å². The van der Waals surface area contributed by atoms with Gasteiger partial charge in [-0.05, 0) is 59.7 Å². The van der Waals surface area contributed by atoms with Crippen molar-refractivity contribution in [1.82, 2.24) is 9.80 Å². The van der Waals surface area contributed by atoms with Gasteiger partial charge in [-0.2, -0.15) is 18.4 Å². The zero-order valence-electron chi connectivity index (χ0n) is 19.2. The molecule has 7 nitrogen and oxygen atoms in total. The smallest absolute Gasteiger partial charge is 0.334 e. The highest BCUT2D eigenvalue weighted by Crippen LogP contribution is 2.34. The summed E-state index contributed by atoms with van der Waals surface area (Å²) in [6, 6.07) is 16.5. The van der Waals surface area contributed by atoms with E-state index >= 15 is 0 Å². The van der Waals surface area contributed by atoms with E-state index in [1.165, 1.54) is 58.3 Å². The third-order valence-electron chi connectivity index (χ3n) is 6.52.